The lowest BCUT2D eigenvalue weighted by Gasteiger charge is -2.35. The maximum absolute atomic E-state index is 12.9. The summed E-state index contributed by atoms with van der Waals surface area (Å²) in [5.74, 6) is -0.00808. The lowest BCUT2D eigenvalue weighted by molar-refractivity contribution is 0.0616. The highest BCUT2D eigenvalue weighted by molar-refractivity contribution is 6.02. The number of carbonyl (C=O) groups excluding carboxylic acids is 2. The largest absolute Gasteiger partial charge is 0.354 e. The van der Waals surface area contributed by atoms with Crippen LogP contribution in [0.4, 0.5) is 0 Å². The summed E-state index contributed by atoms with van der Waals surface area (Å²) < 4.78 is 0. The topological polar surface area (TPSA) is 79.2 Å². The fraction of sp³-hybridized carbons (Fsp3) is 0.625. The molecule has 2 heterocycles. The van der Waals surface area contributed by atoms with Crippen LogP contribution in [0.2, 0.25) is 0 Å². The van der Waals surface area contributed by atoms with E-state index in [0.717, 1.165) is 37.1 Å². The number of H-pyrrole nitrogens is 1. The second-order valence-electron chi connectivity index (χ2n) is 5.77. The van der Waals surface area contributed by atoms with E-state index in [1.807, 2.05) is 18.7 Å². The van der Waals surface area contributed by atoms with Gasteiger partial charge in [-0.05, 0) is 45.1 Å². The number of aryl methyl sites for hydroxylation is 1. The van der Waals surface area contributed by atoms with Crippen molar-refractivity contribution >= 4 is 11.7 Å². The van der Waals surface area contributed by atoms with Crippen LogP contribution in [0.3, 0.4) is 0 Å². The number of nitrogens with two attached hydrogens (primary N) is 1. The Labute approximate surface area is 125 Å². The van der Waals surface area contributed by atoms with Crippen LogP contribution < -0.4 is 5.73 Å². The molecule has 1 saturated heterocycles. The van der Waals surface area contributed by atoms with Gasteiger partial charge in [0.25, 0.3) is 5.91 Å². The van der Waals surface area contributed by atoms with Gasteiger partial charge in [0.1, 0.15) is 5.69 Å². The summed E-state index contributed by atoms with van der Waals surface area (Å²) in [6, 6.07) is 0.111. The summed E-state index contributed by atoms with van der Waals surface area (Å²) in [7, 11) is 0. The molecule has 1 aromatic heterocycles. The average molecular weight is 291 g/mol. The number of aromatic amines is 1. The second-order valence-corrected chi connectivity index (χ2v) is 5.77. The number of rotatable bonds is 4. The van der Waals surface area contributed by atoms with E-state index in [0.29, 0.717) is 24.2 Å². The number of aromatic nitrogens is 1. The SMILES string of the molecule is CCc1c(C(=O)N2CCCCC2CN)[nH]c(C)c1C(C)=O. The lowest BCUT2D eigenvalue weighted by atomic mass is 9.99. The molecule has 2 rings (SSSR count). The fourth-order valence-electron chi connectivity index (χ4n) is 3.35. The molecule has 1 aromatic rings. The van der Waals surface area contributed by atoms with Gasteiger partial charge in [-0.15, -0.1) is 0 Å². The van der Waals surface area contributed by atoms with Crippen molar-refractivity contribution in [2.24, 2.45) is 5.73 Å². The van der Waals surface area contributed by atoms with Gasteiger partial charge in [0.15, 0.2) is 5.78 Å². The normalized spacial score (nSPS) is 18.9. The van der Waals surface area contributed by atoms with Crippen molar-refractivity contribution in [1.82, 2.24) is 9.88 Å². The van der Waals surface area contributed by atoms with Crippen LogP contribution in [0, 0.1) is 6.92 Å². The number of hydrogen-bond donors (Lipinski definition) is 2. The van der Waals surface area contributed by atoms with E-state index >= 15 is 0 Å². The summed E-state index contributed by atoms with van der Waals surface area (Å²) in [5, 5.41) is 0. The minimum atomic E-state index is -0.0161. The molecule has 0 aliphatic carbocycles. The van der Waals surface area contributed by atoms with Gasteiger partial charge in [0, 0.05) is 30.4 Å². The Morgan fingerprint density at radius 2 is 2.10 bits per heavy atom. The second kappa shape index (κ2) is 6.43. The third-order valence-electron chi connectivity index (χ3n) is 4.37. The molecule has 1 aliphatic rings. The first-order valence-corrected chi connectivity index (χ1v) is 7.74. The van der Waals surface area contributed by atoms with Gasteiger partial charge in [-0.1, -0.05) is 6.92 Å². The number of likely N-dealkylation sites (tertiary alicyclic amines) is 1. The van der Waals surface area contributed by atoms with Crippen molar-refractivity contribution in [3.63, 3.8) is 0 Å². The Morgan fingerprint density at radius 1 is 1.38 bits per heavy atom. The first-order valence-electron chi connectivity index (χ1n) is 7.74. The molecule has 1 unspecified atom stereocenters. The van der Waals surface area contributed by atoms with Crippen LogP contribution in [-0.2, 0) is 6.42 Å². The number of ketones is 1. The number of nitrogens with zero attached hydrogens (tertiary/aromatic N) is 1. The monoisotopic (exact) mass is 291 g/mol. The van der Waals surface area contributed by atoms with Crippen molar-refractivity contribution in [3.05, 3.63) is 22.5 Å². The molecule has 3 N–H and O–H groups in total. The molecule has 1 aliphatic heterocycles. The minimum Gasteiger partial charge on any atom is -0.354 e. The molecular formula is C16H25N3O2. The van der Waals surface area contributed by atoms with Gasteiger partial charge in [0.2, 0.25) is 0 Å². The van der Waals surface area contributed by atoms with Crippen LogP contribution >= 0.6 is 0 Å². The number of nitrogens with one attached hydrogen (secondary N) is 1. The molecule has 116 valence electrons. The predicted octanol–water partition coefficient (Wildman–Crippen LogP) is 2.04. The summed E-state index contributed by atoms with van der Waals surface area (Å²) >= 11 is 0. The number of carbonyl (C=O) groups is 2. The molecule has 0 bridgehead atoms. The summed E-state index contributed by atoms with van der Waals surface area (Å²) in [4.78, 5) is 29.7. The number of Topliss-reactive ketones (excluding diaryl/α,β-unsaturated/α-hetero) is 1. The van der Waals surface area contributed by atoms with Crippen molar-refractivity contribution < 1.29 is 9.59 Å². The van der Waals surface area contributed by atoms with Crippen molar-refractivity contribution in [1.29, 1.82) is 0 Å². The fourth-order valence-corrected chi connectivity index (χ4v) is 3.35. The van der Waals surface area contributed by atoms with Gasteiger partial charge >= 0.3 is 0 Å². The van der Waals surface area contributed by atoms with E-state index in [9.17, 15) is 9.59 Å². The van der Waals surface area contributed by atoms with Crippen LogP contribution in [0.25, 0.3) is 0 Å². The molecule has 0 saturated carbocycles. The van der Waals surface area contributed by atoms with E-state index in [2.05, 4.69) is 4.98 Å². The molecule has 0 radical (unpaired) electrons. The Morgan fingerprint density at radius 3 is 2.67 bits per heavy atom. The molecule has 1 atom stereocenters. The Hall–Kier alpha value is -1.62. The average Bonchev–Trinajstić information content (AvgIpc) is 2.83. The van der Waals surface area contributed by atoms with Crippen LogP contribution in [0.1, 0.15) is 65.2 Å². The van der Waals surface area contributed by atoms with Gasteiger partial charge in [0.05, 0.1) is 0 Å². The van der Waals surface area contributed by atoms with E-state index in [1.165, 1.54) is 0 Å². The maximum Gasteiger partial charge on any atom is 0.270 e. The molecule has 5 nitrogen and oxygen atoms in total. The highest BCUT2D eigenvalue weighted by Gasteiger charge is 2.30. The summed E-state index contributed by atoms with van der Waals surface area (Å²) in [6.07, 6.45) is 3.77. The summed E-state index contributed by atoms with van der Waals surface area (Å²) in [6.45, 7) is 6.61. The van der Waals surface area contributed by atoms with E-state index in [-0.39, 0.29) is 17.7 Å². The first-order chi connectivity index (χ1) is 10.0. The zero-order valence-corrected chi connectivity index (χ0v) is 13.2. The molecule has 1 fully saturated rings. The maximum atomic E-state index is 12.9. The van der Waals surface area contributed by atoms with Crippen molar-refractivity contribution in [3.8, 4) is 0 Å². The first kappa shape index (κ1) is 15.8. The van der Waals surface area contributed by atoms with Gasteiger partial charge in [-0.3, -0.25) is 9.59 Å². The zero-order valence-electron chi connectivity index (χ0n) is 13.2. The number of amides is 1. The molecule has 1 amide bonds. The molecular weight excluding hydrogens is 266 g/mol. The Bertz CT molecular complexity index is 548. The predicted molar refractivity (Wildman–Crippen MR) is 82.6 cm³/mol. The highest BCUT2D eigenvalue weighted by atomic mass is 16.2. The Balaban J connectivity index is 2.39. The van der Waals surface area contributed by atoms with Crippen molar-refractivity contribution in [2.75, 3.05) is 13.1 Å². The Kier molecular flexibility index (Phi) is 4.83. The molecule has 0 aromatic carbocycles. The van der Waals surface area contributed by atoms with Gasteiger partial charge in [-0.2, -0.15) is 0 Å². The smallest absolute Gasteiger partial charge is 0.270 e. The van der Waals surface area contributed by atoms with E-state index in [4.69, 9.17) is 5.73 Å². The zero-order chi connectivity index (χ0) is 15.6. The molecule has 21 heavy (non-hydrogen) atoms. The number of piperidine rings is 1. The van der Waals surface area contributed by atoms with Crippen LogP contribution in [0.5, 0.6) is 0 Å². The standard InChI is InChI=1S/C16H25N3O2/c1-4-13-14(11(3)20)10(2)18-15(13)16(21)19-8-6-5-7-12(19)9-17/h12,18H,4-9,17H2,1-3H3. The lowest BCUT2D eigenvalue weighted by Crippen LogP contribution is -2.47. The third-order valence-corrected chi connectivity index (χ3v) is 4.37. The van der Waals surface area contributed by atoms with E-state index < -0.39 is 0 Å². The van der Waals surface area contributed by atoms with Crippen molar-refractivity contribution in [2.45, 2.75) is 52.5 Å². The number of hydrogen-bond acceptors (Lipinski definition) is 3. The van der Waals surface area contributed by atoms with Crippen LogP contribution in [-0.4, -0.2) is 40.7 Å². The van der Waals surface area contributed by atoms with Gasteiger partial charge in [-0.25, -0.2) is 0 Å². The van der Waals surface area contributed by atoms with Gasteiger partial charge < -0.3 is 15.6 Å². The molecule has 0 spiro atoms. The highest BCUT2D eigenvalue weighted by Crippen LogP contribution is 2.24. The third kappa shape index (κ3) is 2.88. The van der Waals surface area contributed by atoms with E-state index in [1.54, 1.807) is 6.92 Å². The summed E-state index contributed by atoms with van der Waals surface area (Å²) in [5.41, 5.74) is 8.66. The minimum absolute atomic E-state index is 0.00803. The quantitative estimate of drug-likeness (QED) is 0.833. The van der Waals surface area contributed by atoms with Crippen LogP contribution in [0.15, 0.2) is 0 Å². The molecule has 5 heteroatoms.